The minimum absolute atomic E-state index is 0.0934. The third kappa shape index (κ3) is 7.37. The van der Waals surface area contributed by atoms with Crippen LogP contribution in [0.4, 0.5) is 87.8 Å². The molecule has 0 amide bonds. The molecule has 0 saturated carbocycles. The largest absolute Gasteiger partial charge is 0.443 e. The third-order valence-corrected chi connectivity index (χ3v) is 11.0. The zero-order valence-electron chi connectivity index (χ0n) is 29.5. The summed E-state index contributed by atoms with van der Waals surface area (Å²) in [5.74, 6) is -70.9. The first-order valence-corrected chi connectivity index (χ1v) is 18.0. The van der Waals surface area contributed by atoms with E-state index < -0.39 is 166 Å². The summed E-state index contributed by atoms with van der Waals surface area (Å²) in [7, 11) is 0. The van der Waals surface area contributed by atoms with Gasteiger partial charge in [-0.2, -0.15) is 0 Å². The Morgan fingerprint density at radius 3 is 0.677 bits per heavy atom. The van der Waals surface area contributed by atoms with E-state index in [0.29, 0.717) is 11.5 Å². The molecule has 0 spiro atoms. The van der Waals surface area contributed by atoms with Crippen LogP contribution in [0, 0.1) is 124 Å². The molecule has 0 fully saturated rings. The molecule has 328 valence electrons. The first-order chi connectivity index (χ1) is 28.8. The Kier molecular flexibility index (Phi) is 13.1. The molecule has 0 aliphatic rings. The minimum Gasteiger partial charge on any atom is -0.415 e. The summed E-state index contributed by atoms with van der Waals surface area (Å²) in [5.41, 5.74) is -14.3. The average Bonchev–Trinajstić information content (AvgIpc) is 3.91. The smallest absolute Gasteiger partial charge is 0.415 e. The molecule has 4 nitrogen and oxygen atoms in total. The fraction of sp³-hybridized carbons (Fsp3) is 0.0556. The fourth-order valence-electron chi connectivity index (χ4n) is 6.07. The van der Waals surface area contributed by atoms with Crippen molar-refractivity contribution in [1.29, 1.82) is 0 Å². The molecule has 4 aromatic carbocycles. The molecule has 26 heteroatoms. The van der Waals surface area contributed by atoms with Crippen LogP contribution in [0.1, 0.15) is 35.0 Å². The second-order valence-corrected chi connectivity index (χ2v) is 14.9. The van der Waals surface area contributed by atoms with Crippen LogP contribution in [-0.2, 0) is 0 Å². The molecule has 0 atom stereocenters. The molecule has 0 bridgehead atoms. The maximum Gasteiger partial charge on any atom is 0.443 e. The molecular formula is C36H10BF20IO4. The Morgan fingerprint density at radius 1 is 0.339 bits per heavy atom. The Morgan fingerprint density at radius 2 is 0.516 bits per heavy atom. The third-order valence-electron chi connectivity index (χ3n) is 8.73. The van der Waals surface area contributed by atoms with Crippen molar-refractivity contribution in [1.82, 2.24) is 0 Å². The summed E-state index contributed by atoms with van der Waals surface area (Å²) in [5, 5.41) is 0. The number of benzene rings is 4. The van der Waals surface area contributed by atoms with Crippen molar-refractivity contribution in [3.8, 4) is 0 Å². The van der Waals surface area contributed by atoms with Gasteiger partial charge >= 0.3 is 28.7 Å². The molecule has 0 unspecified atom stereocenters. The summed E-state index contributed by atoms with van der Waals surface area (Å²) in [4.78, 5) is 22.1. The summed E-state index contributed by atoms with van der Waals surface area (Å²) in [6, 6.07) is 6.87. The number of carbonyl (C=O) groups is 2. The first-order valence-electron chi connectivity index (χ1n) is 15.9. The van der Waals surface area contributed by atoms with Gasteiger partial charge in [-0.25, -0.2) is 87.8 Å². The number of Topliss-reactive ketones (excluding diaryl/α,β-unsaturated/α-hetero) is 2. The van der Waals surface area contributed by atoms with Crippen molar-refractivity contribution in [2.24, 2.45) is 0 Å². The van der Waals surface area contributed by atoms with Crippen LogP contribution >= 0.6 is 0 Å². The number of halogens is 21. The fourth-order valence-corrected chi connectivity index (χ4v) is 8.01. The van der Waals surface area contributed by atoms with Crippen LogP contribution in [0.3, 0.4) is 0 Å². The first kappa shape index (κ1) is 47.2. The van der Waals surface area contributed by atoms with Gasteiger partial charge in [-0.3, -0.25) is 9.59 Å². The van der Waals surface area contributed by atoms with Crippen LogP contribution in [-0.4, -0.2) is 17.7 Å². The summed E-state index contributed by atoms with van der Waals surface area (Å²) in [6.45, 7) is 2.92. The van der Waals surface area contributed by atoms with E-state index in [4.69, 9.17) is 8.83 Å². The zero-order chi connectivity index (χ0) is 46.8. The van der Waals surface area contributed by atoms with Gasteiger partial charge in [0.15, 0.2) is 92.9 Å². The van der Waals surface area contributed by atoms with Crippen LogP contribution in [0.15, 0.2) is 33.1 Å². The minimum atomic E-state index is -7.22. The van der Waals surface area contributed by atoms with Gasteiger partial charge in [0, 0.05) is 26.0 Å². The highest BCUT2D eigenvalue weighted by molar-refractivity contribution is 7.20. The number of hydrogen-bond donors (Lipinski definition) is 0. The lowest BCUT2D eigenvalue weighted by Gasteiger charge is -2.44. The average molecular weight is 1020 g/mol. The van der Waals surface area contributed by atoms with Crippen LogP contribution < -0.4 is 43.1 Å². The topological polar surface area (TPSA) is 60.4 Å². The molecule has 6 aromatic rings. The lowest BCUT2D eigenvalue weighted by molar-refractivity contribution is -0.636. The lowest BCUT2D eigenvalue weighted by atomic mass is 9.12. The Balaban J connectivity index is 0.000000355. The Hall–Kier alpha value is -5.83. The van der Waals surface area contributed by atoms with E-state index in [0.717, 1.165) is 7.53 Å². The van der Waals surface area contributed by atoms with Gasteiger partial charge in [0.2, 0.25) is 0 Å². The lowest BCUT2D eigenvalue weighted by Crippen LogP contribution is -3.61. The van der Waals surface area contributed by atoms with Crippen molar-refractivity contribution in [2.45, 2.75) is 13.8 Å². The van der Waals surface area contributed by atoms with Crippen LogP contribution in [0.5, 0.6) is 0 Å². The monoisotopic (exact) mass is 1020 g/mol. The quantitative estimate of drug-likeness (QED) is 0.0523. The number of rotatable bonds is 8. The second-order valence-electron chi connectivity index (χ2n) is 12.2. The molecule has 6 rings (SSSR count). The zero-order valence-corrected chi connectivity index (χ0v) is 31.6. The van der Waals surface area contributed by atoms with Gasteiger partial charge in [-0.1, -0.05) is 0 Å². The summed E-state index contributed by atoms with van der Waals surface area (Å²) < 4.78 is 306. The molecule has 0 saturated heterocycles. The molecule has 2 heterocycles. The molecule has 0 aliphatic heterocycles. The summed E-state index contributed by atoms with van der Waals surface area (Å²) >= 11 is -0.619. The van der Waals surface area contributed by atoms with E-state index in [1.54, 1.807) is 24.3 Å². The van der Waals surface area contributed by atoms with Crippen molar-refractivity contribution in [3.05, 3.63) is 160 Å². The number of hydrogen-bond acceptors (Lipinski definition) is 4. The predicted molar refractivity (Wildman–Crippen MR) is 164 cm³/mol. The van der Waals surface area contributed by atoms with E-state index in [1.807, 2.05) is 0 Å². The molecule has 0 aliphatic carbocycles. The maximum absolute atomic E-state index is 15.4. The van der Waals surface area contributed by atoms with Crippen molar-refractivity contribution >= 4 is 39.6 Å². The molecular weight excluding hydrogens is 1010 g/mol. The van der Waals surface area contributed by atoms with Gasteiger partial charge in [0.05, 0.1) is 0 Å². The van der Waals surface area contributed by atoms with Crippen molar-refractivity contribution in [3.63, 3.8) is 0 Å². The van der Waals surface area contributed by atoms with E-state index in [9.17, 15) is 62.3 Å². The van der Waals surface area contributed by atoms with Crippen LogP contribution in [0.2, 0.25) is 0 Å². The molecule has 62 heavy (non-hydrogen) atoms. The normalized spacial score (nSPS) is 11.6. The SMILES string of the molecule is CC(=O)c1ccc([I+]c2ccc(C(C)=O)o2)o1.Fc1c(F)c(F)c([B-](c2c(F)c(F)c(F)c(F)c2F)(c2c(F)c(F)c(F)c(F)c2F)c2c(F)c(F)c(F)c(F)c2F)c(F)c1F. The predicted octanol–water partition coefficient (Wildman–Crippen LogP) is 5.25. The van der Waals surface area contributed by atoms with E-state index in [2.05, 4.69) is 0 Å². The highest BCUT2D eigenvalue weighted by Crippen LogP contribution is 2.30. The van der Waals surface area contributed by atoms with Crippen LogP contribution in [0.25, 0.3) is 0 Å². The van der Waals surface area contributed by atoms with Gasteiger partial charge in [0.1, 0.15) is 52.7 Å². The Labute approximate surface area is 339 Å². The maximum atomic E-state index is 15.4. The van der Waals surface area contributed by atoms with Gasteiger partial charge < -0.3 is 8.83 Å². The standard InChI is InChI=1S/C24BF20.C12H10IO4/c26-5-1(6(27)14(35)21(42)13(5)34)25(2-7(28)15(36)22(43)16(37)8(2)29,3-9(30)17(38)23(44)18(39)10(3)31)4-11(32)19(40)24(45)20(41)12(4)33;1-7(14)9-3-5-11(16-9)13-12-6-4-10(17-12)8(2)15/h;3-6H,1-2H3/q-1;+1. The van der Waals surface area contributed by atoms with Gasteiger partial charge in [-0.05, 0) is 12.1 Å². The molecule has 2 aromatic heterocycles. The second kappa shape index (κ2) is 17.1. The highest BCUT2D eigenvalue weighted by Gasteiger charge is 2.52. The van der Waals surface area contributed by atoms with Crippen molar-refractivity contribution in [2.75, 3.05) is 0 Å². The molecule has 0 N–H and O–H groups in total. The molecule has 0 radical (unpaired) electrons. The summed E-state index contributed by atoms with van der Waals surface area (Å²) in [6.07, 6.45) is -7.22. The van der Waals surface area contributed by atoms with E-state index in [1.165, 1.54) is 13.8 Å². The number of furan rings is 2. The highest BCUT2D eigenvalue weighted by atomic mass is 127. The van der Waals surface area contributed by atoms with Gasteiger partial charge in [0.25, 0.3) is 0 Å². The Bertz CT molecular complexity index is 2420. The number of ketones is 2. The van der Waals surface area contributed by atoms with E-state index >= 15 is 35.1 Å². The van der Waals surface area contributed by atoms with Crippen molar-refractivity contribution < 1.29 is 127 Å². The van der Waals surface area contributed by atoms with E-state index in [-0.39, 0.29) is 11.6 Å². The van der Waals surface area contributed by atoms with Gasteiger partial charge in [-0.15, -0.1) is 21.9 Å². The number of carbonyl (C=O) groups excluding carboxylic acids is 2.